The van der Waals surface area contributed by atoms with Gasteiger partial charge in [0.1, 0.15) is 0 Å². The van der Waals surface area contributed by atoms with Gasteiger partial charge in [-0.3, -0.25) is 4.79 Å². The average Bonchev–Trinajstić information content (AvgIpc) is 2.08. The van der Waals surface area contributed by atoms with Crippen molar-refractivity contribution in [2.45, 2.75) is 43.9 Å². The van der Waals surface area contributed by atoms with E-state index in [-0.39, 0.29) is 11.2 Å². The molecule has 12 heavy (non-hydrogen) atoms. The number of allylic oxidation sites excluding steroid dienone is 2. The largest absolute Gasteiger partial charge is 0.298 e. The van der Waals surface area contributed by atoms with Crippen LogP contribution in [-0.2, 0) is 4.79 Å². The molecule has 2 heteroatoms. The maximum absolute atomic E-state index is 11.3. The van der Waals surface area contributed by atoms with Gasteiger partial charge in [-0.05, 0) is 25.7 Å². The Morgan fingerprint density at radius 3 is 2.92 bits per heavy atom. The molecule has 0 N–H and O–H groups in total. The Balaban J connectivity index is 2.43. The zero-order valence-corrected chi connectivity index (χ0v) is 8.02. The number of carbonyl (C=O) groups is 1. The lowest BCUT2D eigenvalue weighted by atomic mass is 10.0. The highest BCUT2D eigenvalue weighted by Crippen LogP contribution is 2.13. The summed E-state index contributed by atoms with van der Waals surface area (Å²) in [6.07, 6.45) is 10.0. The summed E-state index contributed by atoms with van der Waals surface area (Å²) in [5.41, 5.74) is 0. The SMILES string of the molecule is O=C1CCCCC/C=C\CC1Cl. The normalized spacial score (nSPS) is 29.8. The Labute approximate surface area is 78.8 Å². The van der Waals surface area contributed by atoms with Crippen molar-refractivity contribution in [2.75, 3.05) is 0 Å². The van der Waals surface area contributed by atoms with E-state index in [4.69, 9.17) is 11.6 Å². The molecule has 1 rings (SSSR count). The molecular formula is C10H15ClO. The predicted octanol–water partition coefficient (Wildman–Crippen LogP) is 3.07. The number of rotatable bonds is 0. The quantitative estimate of drug-likeness (QED) is 0.420. The van der Waals surface area contributed by atoms with E-state index in [1.54, 1.807) is 0 Å². The Kier molecular flexibility index (Phi) is 4.37. The van der Waals surface area contributed by atoms with Crippen LogP contribution in [0.4, 0.5) is 0 Å². The zero-order chi connectivity index (χ0) is 8.81. The van der Waals surface area contributed by atoms with Crippen molar-refractivity contribution in [2.24, 2.45) is 0 Å². The number of Topliss-reactive ketones (excluding diaryl/α,β-unsaturated/α-hetero) is 1. The van der Waals surface area contributed by atoms with Gasteiger partial charge in [0.25, 0.3) is 0 Å². The first-order chi connectivity index (χ1) is 5.80. The van der Waals surface area contributed by atoms with Crippen LogP contribution in [0.15, 0.2) is 12.2 Å². The molecule has 0 aromatic rings. The van der Waals surface area contributed by atoms with Gasteiger partial charge in [0.15, 0.2) is 5.78 Å². The van der Waals surface area contributed by atoms with Crippen LogP contribution in [0.5, 0.6) is 0 Å². The summed E-state index contributed by atoms with van der Waals surface area (Å²) in [7, 11) is 0. The molecular weight excluding hydrogens is 172 g/mol. The molecule has 0 aromatic carbocycles. The van der Waals surface area contributed by atoms with E-state index in [1.807, 2.05) is 6.08 Å². The van der Waals surface area contributed by atoms with E-state index in [9.17, 15) is 4.79 Å². The third-order valence-corrected chi connectivity index (χ3v) is 2.57. The minimum absolute atomic E-state index is 0.211. The molecule has 1 aliphatic carbocycles. The first kappa shape index (κ1) is 9.79. The van der Waals surface area contributed by atoms with Crippen LogP contribution in [0, 0.1) is 0 Å². The van der Waals surface area contributed by atoms with Crippen LogP contribution in [0.2, 0.25) is 0 Å². The molecule has 1 nitrogen and oxygen atoms in total. The maximum atomic E-state index is 11.3. The Morgan fingerprint density at radius 1 is 1.25 bits per heavy atom. The number of carbonyl (C=O) groups excluding carboxylic acids is 1. The van der Waals surface area contributed by atoms with Crippen LogP contribution < -0.4 is 0 Å². The number of hydrogen-bond donors (Lipinski definition) is 0. The summed E-state index contributed by atoms with van der Waals surface area (Å²) in [4.78, 5) is 11.3. The van der Waals surface area contributed by atoms with E-state index in [2.05, 4.69) is 6.08 Å². The Morgan fingerprint density at radius 2 is 2.08 bits per heavy atom. The minimum Gasteiger partial charge on any atom is -0.298 e. The maximum Gasteiger partial charge on any atom is 0.150 e. The lowest BCUT2D eigenvalue weighted by Crippen LogP contribution is -2.13. The molecule has 0 amide bonds. The Hall–Kier alpha value is -0.300. The molecule has 0 aliphatic heterocycles. The predicted molar refractivity (Wildman–Crippen MR) is 51.5 cm³/mol. The van der Waals surface area contributed by atoms with Gasteiger partial charge in [0.05, 0.1) is 5.38 Å². The molecule has 0 heterocycles. The molecule has 68 valence electrons. The van der Waals surface area contributed by atoms with Crippen molar-refractivity contribution >= 4 is 17.4 Å². The third kappa shape index (κ3) is 3.40. The second kappa shape index (κ2) is 5.36. The van der Waals surface area contributed by atoms with E-state index in [0.29, 0.717) is 12.8 Å². The van der Waals surface area contributed by atoms with Gasteiger partial charge in [-0.1, -0.05) is 18.6 Å². The van der Waals surface area contributed by atoms with Crippen LogP contribution in [0.1, 0.15) is 38.5 Å². The van der Waals surface area contributed by atoms with Crippen LogP contribution in [-0.4, -0.2) is 11.2 Å². The van der Waals surface area contributed by atoms with Crippen LogP contribution in [0.3, 0.4) is 0 Å². The van der Waals surface area contributed by atoms with Crippen molar-refractivity contribution in [1.29, 1.82) is 0 Å². The number of hydrogen-bond acceptors (Lipinski definition) is 1. The van der Waals surface area contributed by atoms with Crippen molar-refractivity contribution in [1.82, 2.24) is 0 Å². The third-order valence-electron chi connectivity index (χ3n) is 2.15. The highest BCUT2D eigenvalue weighted by molar-refractivity contribution is 6.31. The summed E-state index contributed by atoms with van der Waals surface area (Å²) in [5, 5.41) is -0.278. The molecule has 1 aliphatic rings. The van der Waals surface area contributed by atoms with Crippen molar-refractivity contribution in [3.05, 3.63) is 12.2 Å². The van der Waals surface area contributed by atoms with Crippen LogP contribution >= 0.6 is 11.6 Å². The Bertz CT molecular complexity index is 175. The molecule has 0 saturated heterocycles. The smallest absolute Gasteiger partial charge is 0.150 e. The summed E-state index contributed by atoms with van der Waals surface area (Å²) < 4.78 is 0. The van der Waals surface area contributed by atoms with Gasteiger partial charge in [-0.25, -0.2) is 0 Å². The van der Waals surface area contributed by atoms with Crippen molar-refractivity contribution in [3.8, 4) is 0 Å². The molecule has 0 radical (unpaired) electrons. The molecule has 0 fully saturated rings. The second-order valence-corrected chi connectivity index (χ2v) is 3.77. The second-order valence-electron chi connectivity index (χ2n) is 3.24. The van der Waals surface area contributed by atoms with Crippen molar-refractivity contribution < 1.29 is 4.79 Å². The first-order valence-electron chi connectivity index (χ1n) is 4.62. The van der Waals surface area contributed by atoms with Gasteiger partial charge < -0.3 is 0 Å². The molecule has 0 bridgehead atoms. The standard InChI is InChI=1S/C10H15ClO/c11-9-7-5-3-1-2-4-6-8-10(9)12/h3,5,9H,1-2,4,6-8H2/b5-3-. The summed E-state index contributed by atoms with van der Waals surface area (Å²) in [6.45, 7) is 0. The van der Waals surface area contributed by atoms with Crippen LogP contribution in [0.25, 0.3) is 0 Å². The number of ketones is 1. The highest BCUT2D eigenvalue weighted by Gasteiger charge is 2.13. The average molecular weight is 187 g/mol. The minimum atomic E-state index is -0.278. The van der Waals surface area contributed by atoms with E-state index in [0.717, 1.165) is 19.3 Å². The fourth-order valence-corrected chi connectivity index (χ4v) is 1.57. The van der Waals surface area contributed by atoms with Gasteiger partial charge in [0, 0.05) is 6.42 Å². The number of halogens is 1. The summed E-state index contributed by atoms with van der Waals surface area (Å²) in [5.74, 6) is 0.211. The van der Waals surface area contributed by atoms with Gasteiger partial charge in [-0.2, -0.15) is 0 Å². The molecule has 1 unspecified atom stereocenters. The first-order valence-corrected chi connectivity index (χ1v) is 5.06. The van der Waals surface area contributed by atoms with E-state index >= 15 is 0 Å². The molecule has 0 aromatic heterocycles. The lowest BCUT2D eigenvalue weighted by molar-refractivity contribution is -0.118. The monoisotopic (exact) mass is 186 g/mol. The number of alkyl halides is 1. The molecule has 0 spiro atoms. The van der Waals surface area contributed by atoms with Gasteiger partial charge in [-0.15, -0.1) is 11.6 Å². The van der Waals surface area contributed by atoms with Gasteiger partial charge >= 0.3 is 0 Å². The topological polar surface area (TPSA) is 17.1 Å². The summed E-state index contributed by atoms with van der Waals surface area (Å²) in [6, 6.07) is 0. The molecule has 0 saturated carbocycles. The summed E-state index contributed by atoms with van der Waals surface area (Å²) >= 11 is 5.87. The highest BCUT2D eigenvalue weighted by atomic mass is 35.5. The lowest BCUT2D eigenvalue weighted by Gasteiger charge is -2.07. The zero-order valence-electron chi connectivity index (χ0n) is 7.26. The van der Waals surface area contributed by atoms with E-state index in [1.165, 1.54) is 6.42 Å². The fourth-order valence-electron chi connectivity index (χ4n) is 1.36. The fraction of sp³-hybridized carbons (Fsp3) is 0.700. The van der Waals surface area contributed by atoms with E-state index < -0.39 is 0 Å². The van der Waals surface area contributed by atoms with Crippen molar-refractivity contribution in [3.63, 3.8) is 0 Å². The van der Waals surface area contributed by atoms with Gasteiger partial charge in [0.2, 0.25) is 0 Å². The molecule has 1 atom stereocenters.